The van der Waals surface area contributed by atoms with E-state index in [1.54, 1.807) is 18.3 Å². The molecule has 0 saturated heterocycles. The van der Waals surface area contributed by atoms with Crippen LogP contribution in [-0.2, 0) is 4.79 Å². The Labute approximate surface area is 130 Å². The number of rotatable bonds is 5. The molecule has 21 heavy (non-hydrogen) atoms. The molecule has 0 spiro atoms. The van der Waals surface area contributed by atoms with Crippen molar-refractivity contribution in [2.24, 2.45) is 5.10 Å². The Morgan fingerprint density at radius 1 is 1.14 bits per heavy atom. The summed E-state index contributed by atoms with van der Waals surface area (Å²) >= 11 is 3.34. The Balaban J connectivity index is 1.77. The fraction of sp³-hybridized carbons (Fsp3) is 0.0667. The van der Waals surface area contributed by atoms with Gasteiger partial charge in [0, 0.05) is 10.2 Å². The number of hydrogen-bond donors (Lipinski definition) is 2. The van der Waals surface area contributed by atoms with Gasteiger partial charge in [-0.25, -0.2) is 9.82 Å². The van der Waals surface area contributed by atoms with Crippen LogP contribution in [0.25, 0.3) is 0 Å². The van der Waals surface area contributed by atoms with Crippen molar-refractivity contribution in [2.45, 2.75) is 0 Å². The lowest BCUT2D eigenvalue weighted by molar-refractivity contribution is -0.119. The molecule has 6 heteroatoms. The second-order valence-electron chi connectivity index (χ2n) is 4.21. The van der Waals surface area contributed by atoms with E-state index in [2.05, 4.69) is 31.8 Å². The average Bonchev–Trinajstić information content (AvgIpc) is 2.49. The quantitative estimate of drug-likeness (QED) is 0.643. The number of carbonyl (C=O) groups excluding carboxylic acids is 1. The smallest absolute Gasteiger partial charge is 0.259 e. The molecule has 0 saturated carbocycles. The summed E-state index contributed by atoms with van der Waals surface area (Å²) in [6, 6.07) is 13.3. The predicted octanol–water partition coefficient (Wildman–Crippen LogP) is 3.15. The van der Waals surface area contributed by atoms with Gasteiger partial charge in [-0.3, -0.25) is 4.79 Å². The molecule has 2 aromatic carbocycles. The third kappa shape index (κ3) is 5.35. The summed E-state index contributed by atoms with van der Waals surface area (Å²) in [5, 5.41) is 6.73. The highest BCUT2D eigenvalue weighted by molar-refractivity contribution is 9.10. The molecule has 2 N–H and O–H groups in total. The van der Waals surface area contributed by atoms with Crippen LogP contribution < -0.4 is 10.7 Å². The van der Waals surface area contributed by atoms with Crippen molar-refractivity contribution in [1.82, 2.24) is 5.43 Å². The number of hydrazone groups is 1. The number of nitrogens with one attached hydrogen (secondary N) is 2. The molecule has 2 rings (SSSR count). The largest absolute Gasteiger partial charge is 0.376 e. The van der Waals surface area contributed by atoms with Crippen molar-refractivity contribution in [2.75, 3.05) is 11.9 Å². The molecule has 0 atom stereocenters. The minimum Gasteiger partial charge on any atom is -0.376 e. The fourth-order valence-corrected chi connectivity index (χ4v) is 1.78. The average molecular weight is 350 g/mol. The van der Waals surface area contributed by atoms with Gasteiger partial charge in [-0.05, 0) is 42.0 Å². The van der Waals surface area contributed by atoms with Gasteiger partial charge in [-0.2, -0.15) is 5.10 Å². The second kappa shape index (κ2) is 7.54. The summed E-state index contributed by atoms with van der Waals surface area (Å²) in [5.74, 6) is -0.600. The van der Waals surface area contributed by atoms with Crippen LogP contribution in [0, 0.1) is 5.82 Å². The number of hydrogen-bond acceptors (Lipinski definition) is 3. The normalized spacial score (nSPS) is 10.6. The van der Waals surface area contributed by atoms with Crippen molar-refractivity contribution in [1.29, 1.82) is 0 Å². The monoisotopic (exact) mass is 349 g/mol. The molecule has 0 aliphatic carbocycles. The summed E-state index contributed by atoms with van der Waals surface area (Å²) in [5.41, 5.74) is 3.96. The zero-order valence-electron chi connectivity index (χ0n) is 11.0. The molecule has 0 unspecified atom stereocenters. The maximum Gasteiger partial charge on any atom is 0.259 e. The predicted molar refractivity (Wildman–Crippen MR) is 84.8 cm³/mol. The number of benzene rings is 2. The second-order valence-corrected chi connectivity index (χ2v) is 5.12. The van der Waals surface area contributed by atoms with Crippen LogP contribution >= 0.6 is 15.9 Å². The molecule has 2 aromatic rings. The fourth-order valence-electron chi connectivity index (χ4n) is 1.52. The highest BCUT2D eigenvalue weighted by Gasteiger charge is 1.99. The summed E-state index contributed by atoms with van der Waals surface area (Å²) < 4.78 is 13.7. The van der Waals surface area contributed by atoms with E-state index in [-0.39, 0.29) is 18.3 Å². The molecule has 0 aliphatic heterocycles. The minimum atomic E-state index is -0.316. The van der Waals surface area contributed by atoms with Crippen molar-refractivity contribution < 1.29 is 9.18 Å². The van der Waals surface area contributed by atoms with Crippen LogP contribution in [-0.4, -0.2) is 18.7 Å². The van der Waals surface area contributed by atoms with Crippen LogP contribution in [0.4, 0.5) is 10.1 Å². The number of carbonyl (C=O) groups is 1. The lowest BCUT2D eigenvalue weighted by Crippen LogP contribution is -2.25. The first-order valence-electron chi connectivity index (χ1n) is 6.20. The maximum atomic E-state index is 12.7. The molecule has 0 bridgehead atoms. The maximum absolute atomic E-state index is 12.7. The van der Waals surface area contributed by atoms with E-state index in [4.69, 9.17) is 0 Å². The SMILES string of the molecule is O=C(CNc1ccc(F)cc1)N/N=C/c1ccc(Br)cc1. The van der Waals surface area contributed by atoms with Gasteiger partial charge in [0.1, 0.15) is 5.82 Å². The highest BCUT2D eigenvalue weighted by Crippen LogP contribution is 2.09. The topological polar surface area (TPSA) is 53.5 Å². The third-order valence-corrected chi connectivity index (χ3v) is 3.10. The van der Waals surface area contributed by atoms with Crippen LogP contribution in [0.1, 0.15) is 5.56 Å². The van der Waals surface area contributed by atoms with E-state index in [0.29, 0.717) is 5.69 Å². The van der Waals surface area contributed by atoms with E-state index in [9.17, 15) is 9.18 Å². The van der Waals surface area contributed by atoms with Gasteiger partial charge in [0.05, 0.1) is 12.8 Å². The first-order chi connectivity index (χ1) is 10.1. The Kier molecular flexibility index (Phi) is 5.45. The van der Waals surface area contributed by atoms with Gasteiger partial charge < -0.3 is 5.32 Å². The third-order valence-electron chi connectivity index (χ3n) is 2.57. The van der Waals surface area contributed by atoms with Crippen LogP contribution in [0.15, 0.2) is 58.1 Å². The number of anilines is 1. The van der Waals surface area contributed by atoms with Crippen molar-refractivity contribution in [3.05, 3.63) is 64.4 Å². The van der Waals surface area contributed by atoms with E-state index >= 15 is 0 Å². The molecule has 0 aromatic heterocycles. The van der Waals surface area contributed by atoms with Gasteiger partial charge in [-0.1, -0.05) is 28.1 Å². The molecule has 0 radical (unpaired) electrons. The zero-order valence-corrected chi connectivity index (χ0v) is 12.6. The highest BCUT2D eigenvalue weighted by atomic mass is 79.9. The molecule has 1 amide bonds. The first kappa shape index (κ1) is 15.2. The molecule has 0 aliphatic rings. The van der Waals surface area contributed by atoms with Gasteiger partial charge in [0.2, 0.25) is 0 Å². The lowest BCUT2D eigenvalue weighted by atomic mass is 10.2. The number of amides is 1. The summed E-state index contributed by atoms with van der Waals surface area (Å²) in [6.45, 7) is 0.0588. The van der Waals surface area contributed by atoms with Gasteiger partial charge >= 0.3 is 0 Å². The first-order valence-corrected chi connectivity index (χ1v) is 7.00. The zero-order chi connectivity index (χ0) is 15.1. The van der Waals surface area contributed by atoms with Crippen molar-refractivity contribution >= 4 is 33.7 Å². The molecule has 108 valence electrons. The molecule has 0 heterocycles. The Hall–Kier alpha value is -2.21. The van der Waals surface area contributed by atoms with Gasteiger partial charge in [-0.15, -0.1) is 0 Å². The minimum absolute atomic E-state index is 0.0588. The molecule has 4 nitrogen and oxygen atoms in total. The van der Waals surface area contributed by atoms with Crippen LogP contribution in [0.2, 0.25) is 0 Å². The summed E-state index contributed by atoms with van der Waals surface area (Å²) in [4.78, 5) is 11.6. The molecular weight excluding hydrogens is 337 g/mol. The van der Waals surface area contributed by atoms with Crippen LogP contribution in [0.3, 0.4) is 0 Å². The molecule has 0 fully saturated rings. The Morgan fingerprint density at radius 2 is 1.81 bits per heavy atom. The summed E-state index contributed by atoms with van der Waals surface area (Å²) in [7, 11) is 0. The van der Waals surface area contributed by atoms with Crippen molar-refractivity contribution in [3.63, 3.8) is 0 Å². The van der Waals surface area contributed by atoms with E-state index in [1.165, 1.54) is 12.1 Å². The van der Waals surface area contributed by atoms with E-state index in [0.717, 1.165) is 10.0 Å². The van der Waals surface area contributed by atoms with Crippen LogP contribution in [0.5, 0.6) is 0 Å². The van der Waals surface area contributed by atoms with Gasteiger partial charge in [0.25, 0.3) is 5.91 Å². The Morgan fingerprint density at radius 3 is 2.48 bits per heavy atom. The number of nitrogens with zero attached hydrogens (tertiary/aromatic N) is 1. The summed E-state index contributed by atoms with van der Waals surface area (Å²) in [6.07, 6.45) is 1.56. The molecular formula is C15H13BrFN3O. The van der Waals surface area contributed by atoms with Gasteiger partial charge in [0.15, 0.2) is 0 Å². The standard InChI is InChI=1S/C15H13BrFN3O/c16-12-3-1-11(2-4-12)9-19-20-15(21)10-18-14-7-5-13(17)6-8-14/h1-9,18H,10H2,(H,20,21)/b19-9+. The Bertz CT molecular complexity index is 626. The van der Waals surface area contributed by atoms with E-state index in [1.807, 2.05) is 24.3 Å². The number of halogens is 2. The van der Waals surface area contributed by atoms with E-state index < -0.39 is 0 Å². The van der Waals surface area contributed by atoms with Crippen molar-refractivity contribution in [3.8, 4) is 0 Å². The lowest BCUT2D eigenvalue weighted by Gasteiger charge is -2.04.